The summed E-state index contributed by atoms with van der Waals surface area (Å²) >= 11 is 0. The maximum absolute atomic E-state index is 8.26. The second-order valence-corrected chi connectivity index (χ2v) is 11.1. The van der Waals surface area contributed by atoms with Crippen LogP contribution >= 0.6 is 0 Å². The summed E-state index contributed by atoms with van der Waals surface area (Å²) < 4.78 is 14.0. The highest BCUT2D eigenvalue weighted by atomic mass is 16.5. The number of aryl methyl sites for hydroxylation is 3. The maximum atomic E-state index is 8.26. The average Bonchev–Trinajstić information content (AvgIpc) is 3.00. The van der Waals surface area contributed by atoms with Crippen LogP contribution in [0.4, 0.5) is 0 Å². The summed E-state index contributed by atoms with van der Waals surface area (Å²) in [5.41, 5.74) is 11.0. The predicted octanol–water partition coefficient (Wildman–Crippen LogP) is 8.74. The smallest absolute Gasteiger partial charge is 0.171 e. The normalized spacial score (nSPS) is 11.0. The third kappa shape index (κ3) is 21.0. The van der Waals surface area contributed by atoms with Crippen molar-refractivity contribution in [1.82, 2.24) is 4.98 Å². The van der Waals surface area contributed by atoms with Gasteiger partial charge in [-0.2, -0.15) is 0 Å². The number of rotatable bonds is 28. The Morgan fingerprint density at radius 2 is 1.22 bits per heavy atom. The van der Waals surface area contributed by atoms with Crippen LogP contribution in [-0.2, 0) is 28.9 Å². The molecule has 2 aromatic heterocycles. The van der Waals surface area contributed by atoms with Crippen LogP contribution < -0.4 is 4.57 Å². The lowest BCUT2D eigenvalue weighted by Gasteiger charge is -2.05. The van der Waals surface area contributed by atoms with Gasteiger partial charge in [0, 0.05) is 68.3 Å². The van der Waals surface area contributed by atoms with E-state index in [-0.39, 0.29) is 0 Å². The monoisotopic (exact) mass is 566 g/mol. The van der Waals surface area contributed by atoms with E-state index in [2.05, 4.69) is 50.2 Å². The molecule has 0 bridgehead atoms. The van der Waals surface area contributed by atoms with E-state index in [0.717, 1.165) is 77.9 Å². The number of nitrogens with zero attached hydrogens (tertiary/aromatic N) is 5. The fraction of sp³-hybridized carbons (Fsp3) is 0.706. The van der Waals surface area contributed by atoms with Gasteiger partial charge in [0.05, 0.1) is 0 Å². The number of azide groups is 1. The van der Waals surface area contributed by atoms with Gasteiger partial charge in [-0.15, -0.1) is 0 Å². The molecule has 228 valence electrons. The molecule has 0 aliphatic carbocycles. The first-order valence-corrected chi connectivity index (χ1v) is 16.4. The minimum atomic E-state index is 0.633. The van der Waals surface area contributed by atoms with Gasteiger partial charge in [-0.1, -0.05) is 69.0 Å². The number of pyridine rings is 2. The Kier molecular flexibility index (Phi) is 22.4. The molecule has 2 rings (SSSR count). The molecule has 0 amide bonds. The summed E-state index contributed by atoms with van der Waals surface area (Å²) in [7, 11) is 0. The molecule has 0 atom stereocenters. The molecular weight excluding hydrogens is 510 g/mol. The fourth-order valence-corrected chi connectivity index (χ4v) is 5.07. The number of ether oxygens (including phenoxy) is 2. The van der Waals surface area contributed by atoms with E-state index in [9.17, 15) is 0 Å². The Balaban J connectivity index is 1.32. The van der Waals surface area contributed by atoms with Crippen molar-refractivity contribution in [2.75, 3.05) is 33.0 Å². The Morgan fingerprint density at radius 3 is 1.85 bits per heavy atom. The van der Waals surface area contributed by atoms with Crippen molar-refractivity contribution in [3.05, 3.63) is 70.6 Å². The van der Waals surface area contributed by atoms with Gasteiger partial charge in [0.2, 0.25) is 0 Å². The van der Waals surface area contributed by atoms with Crippen LogP contribution in [0, 0.1) is 0 Å². The quantitative estimate of drug-likeness (QED) is 0.0339. The van der Waals surface area contributed by atoms with Gasteiger partial charge >= 0.3 is 0 Å². The summed E-state index contributed by atoms with van der Waals surface area (Å²) in [6, 6.07) is 8.56. The zero-order valence-corrected chi connectivity index (χ0v) is 25.6. The lowest BCUT2D eigenvalue weighted by molar-refractivity contribution is -0.697. The second-order valence-electron chi connectivity index (χ2n) is 11.1. The summed E-state index contributed by atoms with van der Waals surface area (Å²) in [5, 5.41) is 3.57. The summed E-state index contributed by atoms with van der Waals surface area (Å²) in [6.07, 6.45) is 30.1. The number of hydrogen-bond donors (Lipinski definition) is 0. The zero-order chi connectivity index (χ0) is 28.9. The second kappa shape index (κ2) is 26.4. The first kappa shape index (κ1) is 34.7. The van der Waals surface area contributed by atoms with Crippen molar-refractivity contribution in [1.29, 1.82) is 0 Å². The minimum Gasteiger partial charge on any atom is -0.381 e. The van der Waals surface area contributed by atoms with Crippen molar-refractivity contribution in [3.63, 3.8) is 0 Å². The number of aromatic nitrogens is 2. The molecule has 2 aromatic rings. The molecule has 0 spiro atoms. The molecule has 0 aliphatic heterocycles. The molecule has 0 unspecified atom stereocenters. The molecular formula is C34H56N5O2+. The van der Waals surface area contributed by atoms with E-state index in [4.69, 9.17) is 15.0 Å². The molecule has 0 N–H and O–H groups in total. The van der Waals surface area contributed by atoms with Crippen LogP contribution in [0.1, 0.15) is 114 Å². The number of hydrogen-bond acceptors (Lipinski definition) is 4. The molecule has 7 heteroatoms. The van der Waals surface area contributed by atoms with E-state index in [1.807, 2.05) is 18.5 Å². The molecule has 7 nitrogen and oxygen atoms in total. The van der Waals surface area contributed by atoms with E-state index >= 15 is 0 Å². The Morgan fingerprint density at radius 1 is 0.659 bits per heavy atom. The van der Waals surface area contributed by atoms with Crippen LogP contribution in [0.5, 0.6) is 0 Å². The van der Waals surface area contributed by atoms with Gasteiger partial charge in [-0.25, -0.2) is 4.57 Å². The van der Waals surface area contributed by atoms with Crippen LogP contribution in [0.2, 0.25) is 0 Å². The lowest BCUT2D eigenvalue weighted by Crippen LogP contribution is -2.33. The molecule has 0 saturated heterocycles. The molecule has 2 heterocycles. The van der Waals surface area contributed by atoms with Gasteiger partial charge in [-0.3, -0.25) is 4.98 Å². The van der Waals surface area contributed by atoms with Crippen LogP contribution in [0.3, 0.4) is 0 Å². The standard InChI is InChI=1S/C34H56N5O2/c35-38-37-24-11-7-3-6-10-14-28-41-30-18-22-34-20-16-26-39(32-34)25-12-8-4-1-2-5-9-13-27-40-29-17-21-33-19-15-23-36-31-33/h15-16,19-20,23,26,31-32H,1-14,17-18,21-22,24-25,27-30H2/q+1. The van der Waals surface area contributed by atoms with E-state index in [1.165, 1.54) is 81.8 Å². The third-order valence-corrected chi connectivity index (χ3v) is 7.47. The largest absolute Gasteiger partial charge is 0.381 e. The Bertz CT molecular complexity index is 905. The summed E-state index contributed by atoms with van der Waals surface area (Å²) in [4.78, 5) is 6.95. The Hall–Kier alpha value is -2.47. The van der Waals surface area contributed by atoms with E-state index in [0.29, 0.717) is 6.54 Å². The van der Waals surface area contributed by atoms with Gasteiger partial charge in [0.1, 0.15) is 6.54 Å². The molecule has 0 aliphatic rings. The number of unbranched alkanes of at least 4 members (excludes halogenated alkanes) is 12. The van der Waals surface area contributed by atoms with Crippen molar-refractivity contribution in [3.8, 4) is 0 Å². The van der Waals surface area contributed by atoms with Gasteiger partial charge in [-0.05, 0) is 74.6 Å². The lowest BCUT2D eigenvalue weighted by atomic mass is 10.1. The zero-order valence-electron chi connectivity index (χ0n) is 25.6. The summed E-state index contributed by atoms with van der Waals surface area (Å²) in [5.74, 6) is 0. The van der Waals surface area contributed by atoms with E-state index in [1.54, 1.807) is 0 Å². The van der Waals surface area contributed by atoms with Crippen molar-refractivity contribution < 1.29 is 14.0 Å². The highest BCUT2D eigenvalue weighted by molar-refractivity contribution is 5.08. The SMILES string of the molecule is [N-]=[N+]=NCCCCCCCCOCCCc1ccc[n+](CCCCCCCCCCOCCCc2cccnc2)c1. The topological polar surface area (TPSA) is 84.0 Å². The van der Waals surface area contributed by atoms with Crippen molar-refractivity contribution >= 4 is 0 Å². The van der Waals surface area contributed by atoms with Gasteiger partial charge in [0.15, 0.2) is 12.4 Å². The highest BCUT2D eigenvalue weighted by Crippen LogP contribution is 2.10. The Labute approximate surface area is 249 Å². The first-order valence-electron chi connectivity index (χ1n) is 16.4. The van der Waals surface area contributed by atoms with Crippen LogP contribution in [0.15, 0.2) is 54.2 Å². The fourth-order valence-electron chi connectivity index (χ4n) is 5.07. The predicted molar refractivity (Wildman–Crippen MR) is 168 cm³/mol. The molecule has 0 radical (unpaired) electrons. The van der Waals surface area contributed by atoms with Crippen LogP contribution in [-0.4, -0.2) is 38.0 Å². The van der Waals surface area contributed by atoms with Crippen molar-refractivity contribution in [2.24, 2.45) is 5.11 Å². The minimum absolute atomic E-state index is 0.633. The van der Waals surface area contributed by atoms with Crippen LogP contribution in [0.25, 0.3) is 10.4 Å². The third-order valence-electron chi connectivity index (χ3n) is 7.47. The van der Waals surface area contributed by atoms with Gasteiger partial charge in [0.25, 0.3) is 0 Å². The van der Waals surface area contributed by atoms with Gasteiger partial charge < -0.3 is 9.47 Å². The molecule has 41 heavy (non-hydrogen) atoms. The van der Waals surface area contributed by atoms with E-state index < -0.39 is 0 Å². The average molecular weight is 567 g/mol. The molecule has 0 aromatic carbocycles. The summed E-state index contributed by atoms with van der Waals surface area (Å²) in [6.45, 7) is 5.23. The highest BCUT2D eigenvalue weighted by Gasteiger charge is 2.04. The maximum Gasteiger partial charge on any atom is 0.171 e. The molecule has 0 fully saturated rings. The first-order chi connectivity index (χ1) is 20.4. The molecule has 0 saturated carbocycles. The van der Waals surface area contributed by atoms with Crippen molar-refractivity contribution in [2.45, 2.75) is 122 Å².